The molecule has 1 saturated carbocycles. The summed E-state index contributed by atoms with van der Waals surface area (Å²) >= 11 is 2.90. The third-order valence-electron chi connectivity index (χ3n) is 4.62. The Labute approximate surface area is 162 Å². The summed E-state index contributed by atoms with van der Waals surface area (Å²) in [5, 5.41) is 12.1. The van der Waals surface area contributed by atoms with Crippen LogP contribution in [0.2, 0.25) is 0 Å². The van der Waals surface area contributed by atoms with E-state index in [0.717, 1.165) is 15.0 Å². The van der Waals surface area contributed by atoms with E-state index in [-0.39, 0.29) is 5.78 Å². The average molecular weight is 392 g/mol. The van der Waals surface area contributed by atoms with Crippen LogP contribution in [0.4, 0.5) is 5.13 Å². The van der Waals surface area contributed by atoms with Crippen molar-refractivity contribution in [3.05, 3.63) is 35.4 Å². The molecule has 26 heavy (non-hydrogen) atoms. The van der Waals surface area contributed by atoms with Crippen molar-refractivity contribution in [2.75, 3.05) is 31.3 Å². The zero-order valence-electron chi connectivity index (χ0n) is 15.1. The van der Waals surface area contributed by atoms with Crippen molar-refractivity contribution >= 4 is 34.0 Å². The minimum atomic E-state index is 0.134. The molecule has 1 fully saturated rings. The summed E-state index contributed by atoms with van der Waals surface area (Å²) in [5.41, 5.74) is 2.16. The first-order valence-electron chi connectivity index (χ1n) is 9.08. The molecule has 1 aliphatic carbocycles. The van der Waals surface area contributed by atoms with E-state index < -0.39 is 0 Å². The highest BCUT2D eigenvalue weighted by Crippen LogP contribution is 2.32. The van der Waals surface area contributed by atoms with Gasteiger partial charge in [0.1, 0.15) is 0 Å². The molecule has 0 atom stereocenters. The van der Waals surface area contributed by atoms with Gasteiger partial charge in [-0.25, -0.2) is 0 Å². The number of ether oxygens (including phenoxy) is 1. The van der Waals surface area contributed by atoms with Gasteiger partial charge in [0.15, 0.2) is 10.1 Å². The lowest BCUT2D eigenvalue weighted by atomic mass is 9.84. The second-order valence-electron chi connectivity index (χ2n) is 6.46. The van der Waals surface area contributed by atoms with E-state index in [1.807, 2.05) is 12.1 Å². The molecule has 0 aliphatic heterocycles. The molecule has 0 amide bonds. The monoisotopic (exact) mass is 391 g/mol. The minimum Gasteiger partial charge on any atom is -0.383 e. The summed E-state index contributed by atoms with van der Waals surface area (Å²) in [6.07, 6.45) is 6.57. The number of thioether (sulfide) groups is 1. The van der Waals surface area contributed by atoms with Crippen molar-refractivity contribution in [1.29, 1.82) is 0 Å². The van der Waals surface area contributed by atoms with Crippen LogP contribution in [0, 0.1) is 0 Å². The van der Waals surface area contributed by atoms with E-state index in [9.17, 15) is 4.79 Å². The van der Waals surface area contributed by atoms with E-state index in [0.29, 0.717) is 24.8 Å². The Hall–Kier alpha value is -1.44. The number of anilines is 1. The molecular weight excluding hydrogens is 366 g/mol. The lowest BCUT2D eigenvalue weighted by Gasteiger charge is -2.22. The molecule has 1 N–H and O–H groups in total. The number of ketones is 1. The SMILES string of the molecule is COCCNc1nnc(SCC(=O)c2ccc(C3CCCCC3)cc2)s1. The number of methoxy groups -OCH3 is 1. The van der Waals surface area contributed by atoms with Gasteiger partial charge in [0.2, 0.25) is 5.13 Å². The van der Waals surface area contributed by atoms with E-state index in [2.05, 4.69) is 27.6 Å². The summed E-state index contributed by atoms with van der Waals surface area (Å²) < 4.78 is 5.79. The van der Waals surface area contributed by atoms with Crippen LogP contribution >= 0.6 is 23.1 Å². The van der Waals surface area contributed by atoms with Gasteiger partial charge in [-0.1, -0.05) is 66.6 Å². The molecule has 1 heterocycles. The smallest absolute Gasteiger partial charge is 0.206 e. The van der Waals surface area contributed by atoms with Crippen LogP contribution in [0.1, 0.15) is 53.9 Å². The second-order valence-corrected chi connectivity index (χ2v) is 8.66. The molecule has 2 aromatic rings. The zero-order valence-corrected chi connectivity index (χ0v) is 16.7. The van der Waals surface area contributed by atoms with Gasteiger partial charge < -0.3 is 10.1 Å². The van der Waals surface area contributed by atoms with Gasteiger partial charge in [-0.05, 0) is 24.3 Å². The van der Waals surface area contributed by atoms with Crippen LogP contribution in [0.3, 0.4) is 0 Å². The Morgan fingerprint density at radius 2 is 2.00 bits per heavy atom. The number of nitrogens with one attached hydrogen (secondary N) is 1. The molecule has 7 heteroatoms. The second kappa shape index (κ2) is 10.0. The van der Waals surface area contributed by atoms with Crippen molar-refractivity contribution in [1.82, 2.24) is 10.2 Å². The molecule has 0 bridgehead atoms. The van der Waals surface area contributed by atoms with Crippen LogP contribution < -0.4 is 5.32 Å². The molecule has 1 aromatic heterocycles. The highest BCUT2D eigenvalue weighted by molar-refractivity contribution is 8.01. The van der Waals surface area contributed by atoms with Crippen molar-refractivity contribution in [2.45, 2.75) is 42.4 Å². The Kier molecular flexibility index (Phi) is 7.46. The topological polar surface area (TPSA) is 64.1 Å². The number of nitrogens with zero attached hydrogens (tertiary/aromatic N) is 2. The maximum Gasteiger partial charge on any atom is 0.206 e. The maximum absolute atomic E-state index is 12.4. The van der Waals surface area contributed by atoms with Gasteiger partial charge in [-0.2, -0.15) is 0 Å². The summed E-state index contributed by atoms with van der Waals surface area (Å²) in [6, 6.07) is 8.22. The normalized spacial score (nSPS) is 15.1. The number of hydrogen-bond donors (Lipinski definition) is 1. The van der Waals surface area contributed by atoms with E-state index in [4.69, 9.17) is 4.74 Å². The van der Waals surface area contributed by atoms with Gasteiger partial charge in [-0.15, -0.1) is 10.2 Å². The highest BCUT2D eigenvalue weighted by atomic mass is 32.2. The number of carbonyl (C=O) groups is 1. The number of hydrogen-bond acceptors (Lipinski definition) is 7. The average Bonchev–Trinajstić information content (AvgIpc) is 3.15. The Balaban J connectivity index is 1.48. The van der Waals surface area contributed by atoms with Crippen LogP contribution in [-0.2, 0) is 4.74 Å². The number of rotatable bonds is 9. The molecule has 3 rings (SSSR count). The van der Waals surface area contributed by atoms with Crippen molar-refractivity contribution in [3.8, 4) is 0 Å². The quantitative estimate of drug-likeness (QED) is 0.382. The lowest BCUT2D eigenvalue weighted by molar-refractivity contribution is 0.102. The molecule has 1 aromatic carbocycles. The predicted octanol–water partition coefficient (Wildman–Crippen LogP) is 4.62. The first-order chi connectivity index (χ1) is 12.8. The lowest BCUT2D eigenvalue weighted by Crippen LogP contribution is -2.06. The van der Waals surface area contributed by atoms with E-state index in [1.54, 1.807) is 7.11 Å². The summed E-state index contributed by atoms with van der Waals surface area (Å²) in [6.45, 7) is 1.32. The third-order valence-corrected chi connectivity index (χ3v) is 6.64. The van der Waals surface area contributed by atoms with Gasteiger partial charge in [0.25, 0.3) is 0 Å². The maximum atomic E-state index is 12.4. The standard InChI is InChI=1S/C19H25N3O2S2/c1-24-12-11-20-18-21-22-19(26-18)25-13-17(23)16-9-7-15(8-10-16)14-5-3-2-4-6-14/h7-10,14H,2-6,11-13H2,1H3,(H,20,21). The molecular formula is C19H25N3O2S2. The summed E-state index contributed by atoms with van der Waals surface area (Å²) in [7, 11) is 1.66. The molecule has 140 valence electrons. The fraction of sp³-hybridized carbons (Fsp3) is 0.526. The molecule has 0 unspecified atom stereocenters. The van der Waals surface area contributed by atoms with Gasteiger partial charge >= 0.3 is 0 Å². The van der Waals surface area contributed by atoms with Gasteiger partial charge in [0, 0.05) is 19.2 Å². The largest absolute Gasteiger partial charge is 0.383 e. The molecule has 5 nitrogen and oxygen atoms in total. The first kappa shape index (κ1) is 19.3. The van der Waals surface area contributed by atoms with Crippen LogP contribution in [-0.4, -0.2) is 42.0 Å². The Bertz CT molecular complexity index is 697. The first-order valence-corrected chi connectivity index (χ1v) is 10.9. The summed E-state index contributed by atoms with van der Waals surface area (Å²) in [4.78, 5) is 12.4. The van der Waals surface area contributed by atoms with Crippen LogP contribution in [0.25, 0.3) is 0 Å². The minimum absolute atomic E-state index is 0.134. The van der Waals surface area contributed by atoms with Crippen molar-refractivity contribution in [3.63, 3.8) is 0 Å². The van der Waals surface area contributed by atoms with Crippen molar-refractivity contribution in [2.24, 2.45) is 0 Å². The van der Waals surface area contributed by atoms with E-state index >= 15 is 0 Å². The van der Waals surface area contributed by atoms with Crippen LogP contribution in [0.5, 0.6) is 0 Å². The Morgan fingerprint density at radius 3 is 2.73 bits per heavy atom. The van der Waals surface area contributed by atoms with Crippen LogP contribution in [0.15, 0.2) is 28.6 Å². The van der Waals surface area contributed by atoms with Crippen molar-refractivity contribution < 1.29 is 9.53 Å². The van der Waals surface area contributed by atoms with Gasteiger partial charge in [-0.3, -0.25) is 4.79 Å². The number of benzene rings is 1. The fourth-order valence-electron chi connectivity index (χ4n) is 3.19. The highest BCUT2D eigenvalue weighted by Gasteiger charge is 2.16. The number of aromatic nitrogens is 2. The number of Topliss-reactive ketones (excluding diaryl/α,β-unsaturated/α-hetero) is 1. The Morgan fingerprint density at radius 1 is 1.23 bits per heavy atom. The number of carbonyl (C=O) groups excluding carboxylic acids is 1. The fourth-order valence-corrected chi connectivity index (χ4v) is 4.86. The molecule has 1 aliphatic rings. The summed E-state index contributed by atoms with van der Waals surface area (Å²) in [5.74, 6) is 1.19. The zero-order chi connectivity index (χ0) is 18.2. The molecule has 0 radical (unpaired) electrons. The van der Waals surface area contributed by atoms with Gasteiger partial charge in [0.05, 0.1) is 12.4 Å². The predicted molar refractivity (Wildman–Crippen MR) is 108 cm³/mol. The third kappa shape index (κ3) is 5.53. The van der Waals surface area contributed by atoms with E-state index in [1.165, 1.54) is 60.8 Å². The molecule has 0 spiro atoms. The molecule has 0 saturated heterocycles.